The first-order chi connectivity index (χ1) is 8.69. The lowest BCUT2D eigenvalue weighted by Gasteiger charge is -1.99. The molecule has 0 fully saturated rings. The molecule has 0 aromatic carbocycles. The number of nitrogens with zero attached hydrogens (tertiary/aromatic N) is 4. The molecule has 0 bridgehead atoms. The molecule has 0 saturated carbocycles. The molecule has 7 nitrogen and oxygen atoms in total. The van der Waals surface area contributed by atoms with Crippen molar-refractivity contribution < 1.29 is 9.63 Å². The highest BCUT2D eigenvalue weighted by Crippen LogP contribution is 2.20. The van der Waals surface area contributed by atoms with E-state index in [0.29, 0.717) is 11.7 Å². The Labute approximate surface area is 105 Å². The van der Waals surface area contributed by atoms with E-state index in [1.54, 1.807) is 4.68 Å². The van der Waals surface area contributed by atoms with Gasteiger partial charge in [0, 0.05) is 6.54 Å². The number of nitrogens with two attached hydrogens (primary N) is 1. The van der Waals surface area contributed by atoms with Gasteiger partial charge in [-0.15, -0.1) is 0 Å². The molecule has 1 atom stereocenters. The van der Waals surface area contributed by atoms with Gasteiger partial charge in [-0.1, -0.05) is 12.1 Å². The second-order valence-electron chi connectivity index (χ2n) is 3.94. The molecule has 18 heavy (non-hydrogen) atoms. The molecule has 2 rings (SSSR count). The van der Waals surface area contributed by atoms with Gasteiger partial charge in [0.05, 0.1) is 18.3 Å². The van der Waals surface area contributed by atoms with E-state index in [0.717, 1.165) is 24.4 Å². The van der Waals surface area contributed by atoms with E-state index in [9.17, 15) is 0 Å². The molecule has 2 heterocycles. The van der Waals surface area contributed by atoms with Crippen LogP contribution in [0.4, 0.5) is 0 Å². The van der Waals surface area contributed by atoms with Crippen LogP contribution in [-0.2, 0) is 13.0 Å². The number of aryl methyl sites for hydroxylation is 2. The molecule has 0 aliphatic heterocycles. The average molecular weight is 251 g/mol. The number of aliphatic hydroxyl groups is 1. The molecular weight excluding hydrogens is 234 g/mol. The van der Waals surface area contributed by atoms with Crippen LogP contribution >= 0.6 is 0 Å². The lowest BCUT2D eigenvalue weighted by atomic mass is 10.3. The van der Waals surface area contributed by atoms with Crippen molar-refractivity contribution in [2.24, 2.45) is 5.73 Å². The zero-order valence-electron chi connectivity index (χ0n) is 10.5. The van der Waals surface area contributed by atoms with Crippen molar-refractivity contribution in [2.45, 2.75) is 32.9 Å². The number of rotatable bonds is 5. The first-order valence-electron chi connectivity index (χ1n) is 5.96. The van der Waals surface area contributed by atoms with Gasteiger partial charge < -0.3 is 15.4 Å². The molecule has 7 heteroatoms. The third-order valence-corrected chi connectivity index (χ3v) is 2.68. The second kappa shape index (κ2) is 5.28. The Morgan fingerprint density at radius 1 is 1.50 bits per heavy atom. The van der Waals surface area contributed by atoms with Crippen molar-refractivity contribution in [3.8, 4) is 11.6 Å². The topological polar surface area (TPSA) is 103 Å². The number of hydrogen-bond acceptors (Lipinski definition) is 6. The van der Waals surface area contributed by atoms with Crippen molar-refractivity contribution >= 4 is 0 Å². The van der Waals surface area contributed by atoms with Crippen molar-refractivity contribution in [2.75, 3.05) is 6.61 Å². The van der Waals surface area contributed by atoms with Crippen molar-refractivity contribution in [1.82, 2.24) is 19.9 Å². The monoisotopic (exact) mass is 251 g/mol. The Morgan fingerprint density at radius 2 is 2.28 bits per heavy atom. The number of aliphatic hydroxyl groups excluding tert-OH is 1. The van der Waals surface area contributed by atoms with Gasteiger partial charge in [0.15, 0.2) is 5.82 Å². The minimum absolute atomic E-state index is 0.216. The van der Waals surface area contributed by atoms with Crippen LogP contribution < -0.4 is 5.73 Å². The quantitative estimate of drug-likeness (QED) is 0.802. The molecule has 0 radical (unpaired) electrons. The fourth-order valence-electron chi connectivity index (χ4n) is 1.63. The second-order valence-corrected chi connectivity index (χ2v) is 3.94. The van der Waals surface area contributed by atoms with Crippen LogP contribution in [0.1, 0.15) is 31.4 Å². The summed E-state index contributed by atoms with van der Waals surface area (Å²) in [6.45, 7) is 4.53. The highest BCUT2D eigenvalue weighted by Gasteiger charge is 2.18. The molecule has 0 amide bonds. The first kappa shape index (κ1) is 12.7. The van der Waals surface area contributed by atoms with Gasteiger partial charge >= 0.3 is 0 Å². The highest BCUT2D eigenvalue weighted by atomic mass is 16.5. The van der Waals surface area contributed by atoms with Gasteiger partial charge in [-0.2, -0.15) is 10.1 Å². The maximum Gasteiger partial charge on any atom is 0.276 e. The van der Waals surface area contributed by atoms with Crippen LogP contribution in [0.15, 0.2) is 10.6 Å². The van der Waals surface area contributed by atoms with Crippen LogP contribution in [0.25, 0.3) is 11.6 Å². The van der Waals surface area contributed by atoms with Gasteiger partial charge in [0.2, 0.25) is 0 Å². The molecule has 2 aromatic heterocycles. The SMILES string of the molecule is CCc1cc(-c2nc(C(N)CO)no2)n(CC)n1. The number of hydrogen-bond donors (Lipinski definition) is 2. The lowest BCUT2D eigenvalue weighted by Crippen LogP contribution is -2.15. The van der Waals surface area contributed by atoms with E-state index in [4.69, 9.17) is 15.4 Å². The summed E-state index contributed by atoms with van der Waals surface area (Å²) in [6.07, 6.45) is 0.844. The first-order valence-corrected chi connectivity index (χ1v) is 5.96. The standard InChI is InChI=1S/C11H17N5O2/c1-3-7-5-9(16(4-2)14-7)11-13-10(15-18-11)8(12)6-17/h5,8,17H,3-4,6,12H2,1-2H3. The summed E-state index contributed by atoms with van der Waals surface area (Å²) >= 11 is 0. The molecule has 0 saturated heterocycles. The largest absolute Gasteiger partial charge is 0.394 e. The number of aromatic nitrogens is 4. The Morgan fingerprint density at radius 3 is 2.89 bits per heavy atom. The average Bonchev–Trinajstić information content (AvgIpc) is 3.03. The van der Waals surface area contributed by atoms with Gasteiger partial charge in [-0.25, -0.2) is 0 Å². The van der Waals surface area contributed by atoms with Gasteiger partial charge in [-0.05, 0) is 19.4 Å². The van der Waals surface area contributed by atoms with E-state index < -0.39 is 6.04 Å². The minimum Gasteiger partial charge on any atom is -0.394 e. The third kappa shape index (κ3) is 2.27. The third-order valence-electron chi connectivity index (χ3n) is 2.68. The van der Waals surface area contributed by atoms with Crippen molar-refractivity contribution in [1.29, 1.82) is 0 Å². The molecule has 3 N–H and O–H groups in total. The summed E-state index contributed by atoms with van der Waals surface area (Å²) in [6, 6.07) is 1.30. The van der Waals surface area contributed by atoms with Gasteiger partial charge in [-0.3, -0.25) is 4.68 Å². The summed E-state index contributed by atoms with van der Waals surface area (Å²) in [5.74, 6) is 0.678. The van der Waals surface area contributed by atoms with Crippen molar-refractivity contribution in [3.63, 3.8) is 0 Å². The molecule has 0 aliphatic carbocycles. The van der Waals surface area contributed by atoms with Gasteiger partial charge in [0.25, 0.3) is 5.89 Å². The zero-order valence-corrected chi connectivity index (χ0v) is 10.5. The maximum atomic E-state index is 8.95. The van der Waals surface area contributed by atoms with Gasteiger partial charge in [0.1, 0.15) is 5.69 Å². The van der Waals surface area contributed by atoms with Crippen LogP contribution in [-0.4, -0.2) is 31.6 Å². The minimum atomic E-state index is -0.619. The van der Waals surface area contributed by atoms with E-state index in [1.807, 2.05) is 19.9 Å². The van der Waals surface area contributed by atoms with Crippen LogP contribution in [0.2, 0.25) is 0 Å². The molecule has 2 aromatic rings. The Hall–Kier alpha value is -1.73. The Balaban J connectivity index is 2.36. The smallest absolute Gasteiger partial charge is 0.276 e. The lowest BCUT2D eigenvalue weighted by molar-refractivity contribution is 0.260. The fraction of sp³-hybridized carbons (Fsp3) is 0.545. The van der Waals surface area contributed by atoms with Crippen LogP contribution in [0, 0.1) is 0 Å². The van der Waals surface area contributed by atoms with E-state index >= 15 is 0 Å². The summed E-state index contributed by atoms with van der Waals surface area (Å²) in [7, 11) is 0. The van der Waals surface area contributed by atoms with Crippen molar-refractivity contribution in [3.05, 3.63) is 17.6 Å². The van der Waals surface area contributed by atoms with E-state index in [1.165, 1.54) is 0 Å². The summed E-state index contributed by atoms with van der Waals surface area (Å²) in [5.41, 5.74) is 7.38. The highest BCUT2D eigenvalue weighted by molar-refractivity contribution is 5.48. The summed E-state index contributed by atoms with van der Waals surface area (Å²) in [5, 5.41) is 17.1. The predicted octanol–water partition coefficient (Wildman–Crippen LogP) is 0.507. The fourth-order valence-corrected chi connectivity index (χ4v) is 1.63. The predicted molar refractivity (Wildman–Crippen MR) is 64.6 cm³/mol. The maximum absolute atomic E-state index is 8.95. The van der Waals surface area contributed by atoms with E-state index in [-0.39, 0.29) is 6.61 Å². The normalized spacial score (nSPS) is 12.9. The molecule has 1 unspecified atom stereocenters. The summed E-state index contributed by atoms with van der Waals surface area (Å²) in [4.78, 5) is 4.18. The zero-order chi connectivity index (χ0) is 13.1. The molecular formula is C11H17N5O2. The van der Waals surface area contributed by atoms with Crippen LogP contribution in [0.5, 0.6) is 0 Å². The Kier molecular flexibility index (Phi) is 3.73. The molecule has 0 aliphatic rings. The van der Waals surface area contributed by atoms with Crippen LogP contribution in [0.3, 0.4) is 0 Å². The molecule has 98 valence electrons. The summed E-state index contributed by atoms with van der Waals surface area (Å²) < 4.78 is 6.97. The Bertz CT molecular complexity index is 519. The molecule has 0 spiro atoms. The van der Waals surface area contributed by atoms with E-state index in [2.05, 4.69) is 15.2 Å².